The predicted molar refractivity (Wildman–Crippen MR) is 97.2 cm³/mol. The number of esters is 1. The molecule has 0 atom stereocenters. The number of benzene rings is 1. The summed E-state index contributed by atoms with van der Waals surface area (Å²) < 4.78 is 26.5. The summed E-state index contributed by atoms with van der Waals surface area (Å²) in [5.41, 5.74) is 1.12. The first-order valence-electron chi connectivity index (χ1n) is 7.92. The summed E-state index contributed by atoms with van der Waals surface area (Å²) in [6.45, 7) is 1.71. The second-order valence-electron chi connectivity index (χ2n) is 5.41. The molecular weight excluding hydrogens is 372 g/mol. The molecule has 0 radical (unpaired) electrons. The SMILES string of the molecule is COC(=O)c1cc(CSc2nnc(-c3ccc(OC)c(OC)c3)o2)oc1C. The van der Waals surface area contributed by atoms with Crippen LogP contribution < -0.4 is 9.47 Å². The maximum atomic E-state index is 11.6. The monoisotopic (exact) mass is 390 g/mol. The van der Waals surface area contributed by atoms with Crippen molar-refractivity contribution in [2.75, 3.05) is 21.3 Å². The molecule has 0 aliphatic carbocycles. The van der Waals surface area contributed by atoms with Gasteiger partial charge in [-0.2, -0.15) is 0 Å². The molecule has 0 aliphatic rings. The summed E-state index contributed by atoms with van der Waals surface area (Å²) in [6.07, 6.45) is 0. The zero-order valence-corrected chi connectivity index (χ0v) is 16.1. The Morgan fingerprint density at radius 2 is 1.85 bits per heavy atom. The number of aryl methyl sites for hydroxylation is 1. The number of ether oxygens (including phenoxy) is 3. The number of carbonyl (C=O) groups excluding carboxylic acids is 1. The normalized spacial score (nSPS) is 10.7. The van der Waals surface area contributed by atoms with E-state index in [1.807, 2.05) is 6.07 Å². The maximum Gasteiger partial charge on any atom is 0.341 e. The molecule has 2 aromatic heterocycles. The van der Waals surface area contributed by atoms with Gasteiger partial charge in [-0.25, -0.2) is 4.79 Å². The van der Waals surface area contributed by atoms with Gasteiger partial charge >= 0.3 is 5.97 Å². The number of nitrogens with zero attached hydrogens (tertiary/aromatic N) is 2. The van der Waals surface area contributed by atoms with E-state index >= 15 is 0 Å². The second-order valence-corrected chi connectivity index (χ2v) is 6.33. The van der Waals surface area contributed by atoms with E-state index in [1.165, 1.54) is 18.9 Å². The van der Waals surface area contributed by atoms with Crippen LogP contribution in [0, 0.1) is 6.92 Å². The highest BCUT2D eigenvalue weighted by Gasteiger charge is 2.17. The molecule has 0 aliphatic heterocycles. The zero-order valence-electron chi connectivity index (χ0n) is 15.3. The Morgan fingerprint density at radius 3 is 2.56 bits per heavy atom. The predicted octanol–water partition coefficient (Wildman–Crippen LogP) is 3.73. The van der Waals surface area contributed by atoms with Gasteiger partial charge in [0.2, 0.25) is 5.89 Å². The number of rotatable bonds is 7. The van der Waals surface area contributed by atoms with Crippen LogP contribution in [0.25, 0.3) is 11.5 Å². The Labute approximate surface area is 159 Å². The number of carbonyl (C=O) groups is 1. The first-order valence-corrected chi connectivity index (χ1v) is 8.90. The van der Waals surface area contributed by atoms with E-state index in [0.717, 1.165) is 0 Å². The Kier molecular flexibility index (Phi) is 5.70. The van der Waals surface area contributed by atoms with Crippen LogP contribution in [0.4, 0.5) is 0 Å². The van der Waals surface area contributed by atoms with Gasteiger partial charge in [0, 0.05) is 5.56 Å². The molecule has 2 heterocycles. The molecule has 0 saturated heterocycles. The molecule has 3 aromatic rings. The van der Waals surface area contributed by atoms with E-state index < -0.39 is 5.97 Å². The first-order chi connectivity index (χ1) is 13.0. The van der Waals surface area contributed by atoms with Gasteiger partial charge in [-0.1, -0.05) is 11.8 Å². The molecule has 9 heteroatoms. The molecule has 0 unspecified atom stereocenters. The van der Waals surface area contributed by atoms with Crippen LogP contribution >= 0.6 is 11.8 Å². The van der Waals surface area contributed by atoms with Crippen molar-refractivity contribution in [2.24, 2.45) is 0 Å². The topological polar surface area (TPSA) is 96.8 Å². The molecule has 3 rings (SSSR count). The maximum absolute atomic E-state index is 11.6. The number of furan rings is 1. The molecule has 0 N–H and O–H groups in total. The van der Waals surface area contributed by atoms with E-state index in [-0.39, 0.29) is 0 Å². The molecule has 0 saturated carbocycles. The largest absolute Gasteiger partial charge is 0.493 e. The minimum absolute atomic E-state index is 0.365. The number of aromatic nitrogens is 2. The average Bonchev–Trinajstić information content (AvgIpc) is 3.31. The van der Waals surface area contributed by atoms with Gasteiger partial charge in [-0.3, -0.25) is 0 Å². The fraction of sp³-hybridized carbons (Fsp3) is 0.278. The third kappa shape index (κ3) is 4.08. The molecule has 0 amide bonds. The molecule has 142 valence electrons. The summed E-state index contributed by atoms with van der Waals surface area (Å²) in [5, 5.41) is 8.47. The van der Waals surface area contributed by atoms with Crippen LogP contribution in [0.2, 0.25) is 0 Å². The summed E-state index contributed by atoms with van der Waals surface area (Å²) in [6, 6.07) is 6.99. The summed E-state index contributed by atoms with van der Waals surface area (Å²) in [5.74, 6) is 2.68. The fourth-order valence-electron chi connectivity index (χ4n) is 2.41. The molecular formula is C18H18N2O6S. The third-order valence-corrected chi connectivity index (χ3v) is 4.59. The quantitative estimate of drug-likeness (QED) is 0.441. The van der Waals surface area contributed by atoms with Crippen molar-refractivity contribution in [3.8, 4) is 23.0 Å². The molecule has 1 aromatic carbocycles. The summed E-state index contributed by atoms with van der Waals surface area (Å²) in [7, 11) is 4.46. The van der Waals surface area contributed by atoms with E-state index in [9.17, 15) is 4.79 Å². The van der Waals surface area contributed by atoms with Crippen LogP contribution in [0.3, 0.4) is 0 Å². The average molecular weight is 390 g/mol. The lowest BCUT2D eigenvalue weighted by Gasteiger charge is -2.07. The number of hydrogen-bond donors (Lipinski definition) is 0. The number of thioether (sulfide) groups is 1. The van der Waals surface area contributed by atoms with E-state index in [1.54, 1.807) is 39.3 Å². The van der Waals surface area contributed by atoms with E-state index in [0.29, 0.717) is 51.0 Å². The van der Waals surface area contributed by atoms with Gasteiger partial charge in [-0.15, -0.1) is 10.2 Å². The van der Waals surface area contributed by atoms with Crippen molar-refractivity contribution in [1.29, 1.82) is 0 Å². The Morgan fingerprint density at radius 1 is 1.07 bits per heavy atom. The minimum atomic E-state index is -0.430. The Balaban J connectivity index is 1.71. The molecule has 0 fully saturated rings. The fourth-order valence-corrected chi connectivity index (χ4v) is 3.06. The molecule has 8 nitrogen and oxygen atoms in total. The lowest BCUT2D eigenvalue weighted by Crippen LogP contribution is -2.00. The second kappa shape index (κ2) is 8.17. The van der Waals surface area contributed by atoms with Crippen LogP contribution in [-0.2, 0) is 10.5 Å². The van der Waals surface area contributed by atoms with Crippen LogP contribution in [0.15, 0.2) is 38.3 Å². The molecule has 0 spiro atoms. The molecule has 0 bridgehead atoms. The van der Waals surface area contributed by atoms with Gasteiger partial charge in [-0.05, 0) is 31.2 Å². The first kappa shape index (κ1) is 18.8. The van der Waals surface area contributed by atoms with Crippen molar-refractivity contribution in [3.63, 3.8) is 0 Å². The molecule has 27 heavy (non-hydrogen) atoms. The number of hydrogen-bond acceptors (Lipinski definition) is 9. The highest BCUT2D eigenvalue weighted by molar-refractivity contribution is 7.98. The van der Waals surface area contributed by atoms with Crippen molar-refractivity contribution >= 4 is 17.7 Å². The van der Waals surface area contributed by atoms with Gasteiger partial charge in [0.1, 0.15) is 17.1 Å². The van der Waals surface area contributed by atoms with E-state index in [2.05, 4.69) is 10.2 Å². The lowest BCUT2D eigenvalue weighted by molar-refractivity contribution is 0.0599. The smallest absolute Gasteiger partial charge is 0.341 e. The van der Waals surface area contributed by atoms with Crippen LogP contribution in [-0.4, -0.2) is 37.5 Å². The summed E-state index contributed by atoms with van der Waals surface area (Å²) >= 11 is 1.31. The Bertz CT molecular complexity index is 949. The van der Waals surface area contributed by atoms with Gasteiger partial charge in [0.05, 0.1) is 27.1 Å². The van der Waals surface area contributed by atoms with Crippen molar-refractivity contribution in [1.82, 2.24) is 10.2 Å². The van der Waals surface area contributed by atoms with Gasteiger partial charge in [0.25, 0.3) is 5.22 Å². The van der Waals surface area contributed by atoms with Crippen molar-refractivity contribution < 1.29 is 27.8 Å². The Hall–Kier alpha value is -2.94. The highest BCUT2D eigenvalue weighted by atomic mass is 32.2. The van der Waals surface area contributed by atoms with Crippen LogP contribution in [0.5, 0.6) is 11.5 Å². The van der Waals surface area contributed by atoms with Crippen molar-refractivity contribution in [2.45, 2.75) is 17.9 Å². The zero-order chi connectivity index (χ0) is 19.4. The summed E-state index contributed by atoms with van der Waals surface area (Å²) in [4.78, 5) is 11.6. The standard InChI is InChI=1S/C18H18N2O6S/c1-10-13(17(21)24-4)8-12(25-10)9-27-18-20-19-16(26-18)11-5-6-14(22-2)15(7-11)23-3/h5-8H,9H2,1-4H3. The van der Waals surface area contributed by atoms with Crippen LogP contribution in [0.1, 0.15) is 21.9 Å². The number of methoxy groups -OCH3 is 3. The highest BCUT2D eigenvalue weighted by Crippen LogP contribution is 2.33. The van der Waals surface area contributed by atoms with Crippen molar-refractivity contribution in [3.05, 3.63) is 41.3 Å². The third-order valence-electron chi connectivity index (χ3n) is 3.75. The van der Waals surface area contributed by atoms with Gasteiger partial charge < -0.3 is 23.0 Å². The lowest BCUT2D eigenvalue weighted by atomic mass is 10.2. The van der Waals surface area contributed by atoms with Gasteiger partial charge in [0.15, 0.2) is 11.5 Å². The van der Waals surface area contributed by atoms with E-state index in [4.69, 9.17) is 23.0 Å². The minimum Gasteiger partial charge on any atom is -0.493 e.